The molecule has 0 fully saturated rings. The molecule has 6 nitrogen and oxygen atoms in total. The van der Waals surface area contributed by atoms with Gasteiger partial charge in [0.2, 0.25) is 5.91 Å². The van der Waals surface area contributed by atoms with Crippen LogP contribution >= 0.6 is 0 Å². The Morgan fingerprint density at radius 3 is 1.52 bits per heavy atom. The second kappa shape index (κ2) is 38.7. The third-order valence-electron chi connectivity index (χ3n) is 10.5. The molecule has 0 aromatic rings. The van der Waals surface area contributed by atoms with Crippen LogP contribution in [0, 0.1) is 11.8 Å². The summed E-state index contributed by atoms with van der Waals surface area (Å²) in [6, 6.07) is 0. The number of allylic oxidation sites excluding steroid dienone is 2. The Labute approximate surface area is 323 Å². The van der Waals surface area contributed by atoms with Crippen molar-refractivity contribution in [2.24, 2.45) is 11.8 Å². The Kier molecular flexibility index (Phi) is 37.3. The summed E-state index contributed by atoms with van der Waals surface area (Å²) < 4.78 is 11.8. The van der Waals surface area contributed by atoms with Crippen molar-refractivity contribution in [3.63, 3.8) is 0 Å². The van der Waals surface area contributed by atoms with E-state index in [2.05, 4.69) is 51.5 Å². The van der Waals surface area contributed by atoms with Gasteiger partial charge < -0.3 is 20.1 Å². The highest BCUT2D eigenvalue weighted by Gasteiger charge is 2.19. The van der Waals surface area contributed by atoms with Gasteiger partial charge in [-0.25, -0.2) is 0 Å². The van der Waals surface area contributed by atoms with E-state index in [4.69, 9.17) is 9.47 Å². The third kappa shape index (κ3) is 32.7. The maximum Gasteiger partial charge on any atom is 0.308 e. The lowest BCUT2D eigenvalue weighted by Crippen LogP contribution is -2.33. The van der Waals surface area contributed by atoms with Crippen molar-refractivity contribution in [2.45, 2.75) is 220 Å². The minimum absolute atomic E-state index is 0.0226. The average molecular weight is 733 g/mol. The summed E-state index contributed by atoms with van der Waals surface area (Å²) in [5, 5.41) is 6.23. The highest BCUT2D eigenvalue weighted by molar-refractivity contribution is 5.78. The molecule has 2 N–H and O–H groups in total. The molecule has 52 heavy (non-hydrogen) atoms. The number of nitrogens with one attached hydrogen (secondary N) is 2. The van der Waals surface area contributed by atoms with E-state index >= 15 is 0 Å². The predicted molar refractivity (Wildman–Crippen MR) is 224 cm³/mol. The van der Waals surface area contributed by atoms with Crippen LogP contribution in [0.1, 0.15) is 220 Å². The number of rotatable bonds is 41. The van der Waals surface area contributed by atoms with E-state index < -0.39 is 0 Å². The molecule has 0 spiro atoms. The molecule has 2 unspecified atom stereocenters. The summed E-state index contributed by atoms with van der Waals surface area (Å²) >= 11 is 0. The third-order valence-corrected chi connectivity index (χ3v) is 10.5. The molecular weight excluding hydrogens is 645 g/mol. The standard InChI is InChI=1S/C46H88N2O4/c1-7-11-15-18-21-28-35-43(34-26-16-12-8-2)42(6)51-38-30-24-22-29-37-47-45(49)40-48-41(5)32-25-20-19-23-31-39-52-46(50)44(33-14-10-4)36-27-17-13-9-3/h43-44,48H,5-40H2,1-4H3,(H,47,49). The highest BCUT2D eigenvalue weighted by Crippen LogP contribution is 2.26. The smallest absolute Gasteiger partial charge is 0.308 e. The Morgan fingerprint density at radius 1 is 0.481 bits per heavy atom. The van der Waals surface area contributed by atoms with Gasteiger partial charge in [0.25, 0.3) is 0 Å². The molecule has 0 aliphatic heterocycles. The molecule has 0 aromatic heterocycles. The molecule has 0 saturated carbocycles. The first-order valence-electron chi connectivity index (χ1n) is 22.6. The summed E-state index contributed by atoms with van der Waals surface area (Å²) in [6.07, 6.45) is 35.1. The van der Waals surface area contributed by atoms with Gasteiger partial charge >= 0.3 is 5.97 Å². The van der Waals surface area contributed by atoms with Crippen molar-refractivity contribution in [1.82, 2.24) is 10.6 Å². The first-order chi connectivity index (χ1) is 25.4. The first-order valence-corrected chi connectivity index (χ1v) is 22.6. The number of ether oxygens (including phenoxy) is 2. The summed E-state index contributed by atoms with van der Waals surface area (Å²) in [7, 11) is 0. The van der Waals surface area contributed by atoms with Gasteiger partial charge in [0, 0.05) is 18.2 Å². The van der Waals surface area contributed by atoms with E-state index in [0.29, 0.717) is 19.1 Å². The van der Waals surface area contributed by atoms with E-state index in [0.717, 1.165) is 114 Å². The Bertz CT molecular complexity index is 844. The fourth-order valence-electron chi connectivity index (χ4n) is 6.85. The molecule has 2 atom stereocenters. The molecule has 0 aromatic carbocycles. The molecule has 0 radical (unpaired) electrons. The quantitative estimate of drug-likeness (QED) is 0.0372. The van der Waals surface area contributed by atoms with Crippen molar-refractivity contribution < 1.29 is 19.1 Å². The molecule has 0 bridgehead atoms. The molecule has 1 amide bonds. The molecule has 0 heterocycles. The summed E-state index contributed by atoms with van der Waals surface area (Å²) in [5.41, 5.74) is 0.929. The van der Waals surface area contributed by atoms with Gasteiger partial charge in [0.05, 0.1) is 31.4 Å². The maximum absolute atomic E-state index is 12.6. The Hall–Kier alpha value is -1.98. The van der Waals surface area contributed by atoms with Crippen molar-refractivity contribution >= 4 is 11.9 Å². The monoisotopic (exact) mass is 733 g/mol. The molecule has 0 aliphatic carbocycles. The molecule has 6 heteroatoms. The van der Waals surface area contributed by atoms with Crippen LogP contribution < -0.4 is 10.6 Å². The second-order valence-corrected chi connectivity index (χ2v) is 15.5. The second-order valence-electron chi connectivity index (χ2n) is 15.5. The van der Waals surface area contributed by atoms with Crippen molar-refractivity contribution in [2.75, 3.05) is 26.3 Å². The van der Waals surface area contributed by atoms with E-state index in [1.807, 2.05) is 0 Å². The van der Waals surface area contributed by atoms with Gasteiger partial charge in [-0.15, -0.1) is 0 Å². The lowest BCUT2D eigenvalue weighted by Gasteiger charge is -2.20. The van der Waals surface area contributed by atoms with Crippen LogP contribution in [0.3, 0.4) is 0 Å². The zero-order valence-corrected chi connectivity index (χ0v) is 35.2. The van der Waals surface area contributed by atoms with Gasteiger partial charge in [0.15, 0.2) is 0 Å². The van der Waals surface area contributed by atoms with Gasteiger partial charge in [0.1, 0.15) is 0 Å². The number of hydrogen-bond acceptors (Lipinski definition) is 5. The van der Waals surface area contributed by atoms with E-state index in [1.54, 1.807) is 0 Å². The van der Waals surface area contributed by atoms with Crippen LogP contribution in [0.5, 0.6) is 0 Å². The van der Waals surface area contributed by atoms with Gasteiger partial charge in [-0.1, -0.05) is 176 Å². The molecule has 0 aliphatic rings. The molecule has 306 valence electrons. The fourth-order valence-corrected chi connectivity index (χ4v) is 6.85. The van der Waals surface area contributed by atoms with Crippen molar-refractivity contribution in [3.8, 4) is 0 Å². The van der Waals surface area contributed by atoms with Gasteiger partial charge in [-0.05, 0) is 57.8 Å². The van der Waals surface area contributed by atoms with Gasteiger partial charge in [-0.2, -0.15) is 0 Å². The number of hydrogen-bond donors (Lipinski definition) is 2. The van der Waals surface area contributed by atoms with E-state index in [-0.39, 0.29) is 24.3 Å². The first kappa shape index (κ1) is 50.0. The highest BCUT2D eigenvalue weighted by atomic mass is 16.5. The summed E-state index contributed by atoms with van der Waals surface area (Å²) in [5.74, 6) is 1.66. The van der Waals surface area contributed by atoms with Crippen molar-refractivity contribution in [3.05, 3.63) is 24.6 Å². The SMILES string of the molecule is C=C(CCCCCCCOC(=O)C(CCCC)CCCCCC)NCC(=O)NCCCCCCOC(=C)C(CCCCCC)CCCCCCCC. The van der Waals surface area contributed by atoms with Crippen LogP contribution in [-0.2, 0) is 19.1 Å². The lowest BCUT2D eigenvalue weighted by atomic mass is 9.93. The van der Waals surface area contributed by atoms with Gasteiger partial charge in [-0.3, -0.25) is 9.59 Å². The zero-order valence-electron chi connectivity index (χ0n) is 35.2. The number of esters is 1. The summed E-state index contributed by atoms with van der Waals surface area (Å²) in [4.78, 5) is 24.9. The number of carbonyl (C=O) groups excluding carboxylic acids is 2. The fraction of sp³-hybridized carbons (Fsp3) is 0.870. The minimum Gasteiger partial charge on any atom is -0.498 e. The molecule has 0 rings (SSSR count). The number of carbonyl (C=O) groups is 2. The predicted octanol–water partition coefficient (Wildman–Crippen LogP) is 13.3. The average Bonchev–Trinajstić information content (AvgIpc) is 3.14. The minimum atomic E-state index is 0.0226. The maximum atomic E-state index is 12.6. The van der Waals surface area contributed by atoms with Crippen LogP contribution in [0.15, 0.2) is 24.6 Å². The van der Waals surface area contributed by atoms with Crippen LogP contribution in [-0.4, -0.2) is 38.2 Å². The van der Waals surface area contributed by atoms with Crippen LogP contribution in [0.25, 0.3) is 0 Å². The van der Waals surface area contributed by atoms with E-state index in [1.165, 1.54) is 96.3 Å². The van der Waals surface area contributed by atoms with Crippen LogP contribution in [0.2, 0.25) is 0 Å². The van der Waals surface area contributed by atoms with Crippen LogP contribution in [0.4, 0.5) is 0 Å². The molecule has 0 saturated heterocycles. The topological polar surface area (TPSA) is 76.7 Å². The zero-order chi connectivity index (χ0) is 38.3. The largest absolute Gasteiger partial charge is 0.498 e. The van der Waals surface area contributed by atoms with E-state index in [9.17, 15) is 9.59 Å². The lowest BCUT2D eigenvalue weighted by molar-refractivity contribution is -0.149. The number of unbranched alkanes of at least 4 members (excludes halogenated alkanes) is 19. The summed E-state index contributed by atoms with van der Waals surface area (Å²) in [6.45, 7) is 19.7. The normalized spacial score (nSPS) is 12.3. The van der Waals surface area contributed by atoms with Crippen molar-refractivity contribution in [1.29, 1.82) is 0 Å². The molecular formula is C46H88N2O4. The number of amides is 1. The Balaban J connectivity index is 3.87. The Morgan fingerprint density at radius 2 is 0.923 bits per heavy atom.